The van der Waals surface area contributed by atoms with Crippen LogP contribution in [0.2, 0.25) is 18.1 Å². The van der Waals surface area contributed by atoms with Crippen LogP contribution in [0.1, 0.15) is 43.9 Å². The minimum atomic E-state index is -1.72. The summed E-state index contributed by atoms with van der Waals surface area (Å²) in [6, 6.07) is 20.0. The molecule has 3 heteroatoms. The molecule has 0 aliphatic rings. The maximum Gasteiger partial charge on any atom is 0.192 e. The van der Waals surface area contributed by atoms with Crippen molar-refractivity contribution in [1.82, 2.24) is 0 Å². The lowest BCUT2D eigenvalue weighted by Crippen LogP contribution is -2.40. The van der Waals surface area contributed by atoms with Gasteiger partial charge in [0.15, 0.2) is 8.32 Å². The second-order valence-electron chi connectivity index (χ2n) is 8.68. The Kier molecular flexibility index (Phi) is 7.99. The first-order chi connectivity index (χ1) is 13.2. The van der Waals surface area contributed by atoms with Crippen molar-refractivity contribution in [2.45, 2.75) is 50.9 Å². The molecular formula is C25H34O2Si. The Morgan fingerprint density at radius 2 is 1.43 bits per heavy atom. The van der Waals surface area contributed by atoms with Gasteiger partial charge in [0.1, 0.15) is 0 Å². The first kappa shape index (κ1) is 22.3. The van der Waals surface area contributed by atoms with Gasteiger partial charge in [-0.1, -0.05) is 106 Å². The zero-order valence-corrected chi connectivity index (χ0v) is 18.8. The summed E-state index contributed by atoms with van der Waals surface area (Å²) in [5, 5.41) is 11.2. The summed E-state index contributed by atoms with van der Waals surface area (Å²) >= 11 is 0. The fourth-order valence-electron chi connectivity index (χ4n) is 2.72. The van der Waals surface area contributed by atoms with Crippen molar-refractivity contribution in [3.05, 3.63) is 96.1 Å². The van der Waals surface area contributed by atoms with Crippen molar-refractivity contribution in [1.29, 1.82) is 0 Å². The smallest absolute Gasteiger partial charge is 0.192 e. The molecule has 0 saturated carbocycles. The highest BCUT2D eigenvalue weighted by atomic mass is 28.4. The third kappa shape index (κ3) is 6.30. The molecule has 2 rings (SSSR count). The van der Waals surface area contributed by atoms with E-state index in [1.165, 1.54) is 0 Å². The van der Waals surface area contributed by atoms with Gasteiger partial charge in [0.2, 0.25) is 0 Å². The lowest BCUT2D eigenvalue weighted by molar-refractivity contribution is 0.162. The van der Waals surface area contributed by atoms with Crippen molar-refractivity contribution in [2.75, 3.05) is 6.61 Å². The van der Waals surface area contributed by atoms with Crippen LogP contribution in [0.4, 0.5) is 0 Å². The van der Waals surface area contributed by atoms with E-state index >= 15 is 0 Å². The number of rotatable bonds is 8. The van der Waals surface area contributed by atoms with E-state index < -0.39 is 14.4 Å². The first-order valence-electron chi connectivity index (χ1n) is 9.97. The van der Waals surface area contributed by atoms with Gasteiger partial charge in [0, 0.05) is 5.92 Å². The van der Waals surface area contributed by atoms with Gasteiger partial charge in [0.25, 0.3) is 0 Å². The highest BCUT2D eigenvalue weighted by Crippen LogP contribution is 2.36. The third-order valence-corrected chi connectivity index (χ3v) is 10.1. The SMILES string of the molecule is CC(C)(C)[Si](C)(C)OC/C=C/C=C\[C@H](c1ccccc1)[C@H](O)c1ccccc1. The predicted molar refractivity (Wildman–Crippen MR) is 122 cm³/mol. The fraction of sp³-hybridized carbons (Fsp3) is 0.360. The molecule has 0 unspecified atom stereocenters. The van der Waals surface area contributed by atoms with Gasteiger partial charge < -0.3 is 9.53 Å². The number of aliphatic hydroxyl groups excluding tert-OH is 1. The summed E-state index contributed by atoms with van der Waals surface area (Å²) in [6.45, 7) is 11.9. The summed E-state index contributed by atoms with van der Waals surface area (Å²) in [5.74, 6) is -0.102. The molecule has 0 radical (unpaired) electrons. The standard InChI is InChI=1S/C25H34O2Si/c1-25(2,3)28(4,5)27-20-14-8-13-19-23(21-15-9-6-10-16-21)24(26)22-17-11-7-12-18-22/h6-19,23-24,26H,20H2,1-5H3/b14-8+,19-13-/t23-,24-/m1/s1. The van der Waals surface area contributed by atoms with E-state index in [4.69, 9.17) is 4.43 Å². The number of allylic oxidation sites excluding steroid dienone is 2. The minimum Gasteiger partial charge on any atom is -0.413 e. The highest BCUT2D eigenvalue weighted by molar-refractivity contribution is 6.74. The molecule has 2 aromatic carbocycles. The quantitative estimate of drug-likeness (QED) is 0.402. The van der Waals surface area contributed by atoms with Crippen LogP contribution in [0, 0.1) is 0 Å². The van der Waals surface area contributed by atoms with Crippen molar-refractivity contribution in [3.63, 3.8) is 0 Å². The molecule has 0 amide bonds. The molecule has 0 heterocycles. The number of aliphatic hydroxyl groups is 1. The van der Waals surface area contributed by atoms with E-state index in [9.17, 15) is 5.11 Å². The van der Waals surface area contributed by atoms with Gasteiger partial charge in [0.05, 0.1) is 12.7 Å². The van der Waals surface area contributed by atoms with Crippen LogP contribution in [-0.2, 0) is 4.43 Å². The van der Waals surface area contributed by atoms with Gasteiger partial charge in [-0.25, -0.2) is 0 Å². The Balaban J connectivity index is 2.07. The molecule has 28 heavy (non-hydrogen) atoms. The topological polar surface area (TPSA) is 29.5 Å². The highest BCUT2D eigenvalue weighted by Gasteiger charge is 2.36. The molecule has 0 aliphatic carbocycles. The van der Waals surface area contributed by atoms with Gasteiger partial charge >= 0.3 is 0 Å². The molecule has 150 valence electrons. The van der Waals surface area contributed by atoms with Crippen LogP contribution in [0.15, 0.2) is 85.0 Å². The summed E-state index contributed by atoms with van der Waals surface area (Å²) in [6.07, 6.45) is 7.56. The molecule has 0 saturated heterocycles. The minimum absolute atomic E-state index is 0.102. The maximum atomic E-state index is 10.9. The van der Waals surface area contributed by atoms with E-state index in [0.29, 0.717) is 6.61 Å². The van der Waals surface area contributed by atoms with Crippen LogP contribution in [0.3, 0.4) is 0 Å². The van der Waals surface area contributed by atoms with Crippen molar-refractivity contribution < 1.29 is 9.53 Å². The normalized spacial score (nSPS) is 15.2. The Bertz CT molecular complexity index is 758. The Labute approximate surface area is 171 Å². The molecule has 2 atom stereocenters. The number of benzene rings is 2. The van der Waals surface area contributed by atoms with Crippen LogP contribution in [-0.4, -0.2) is 20.0 Å². The first-order valence-corrected chi connectivity index (χ1v) is 12.9. The summed E-state index contributed by atoms with van der Waals surface area (Å²) in [7, 11) is -1.72. The molecule has 0 spiro atoms. The maximum absolute atomic E-state index is 10.9. The molecule has 2 aromatic rings. The van der Waals surface area contributed by atoms with Crippen molar-refractivity contribution >= 4 is 8.32 Å². The summed E-state index contributed by atoms with van der Waals surface area (Å²) in [4.78, 5) is 0. The average molecular weight is 395 g/mol. The molecule has 0 bridgehead atoms. The zero-order chi connectivity index (χ0) is 20.6. The Morgan fingerprint density at radius 1 is 0.893 bits per heavy atom. The van der Waals surface area contributed by atoms with Crippen LogP contribution >= 0.6 is 0 Å². The van der Waals surface area contributed by atoms with Crippen molar-refractivity contribution in [3.8, 4) is 0 Å². The van der Waals surface area contributed by atoms with E-state index in [-0.39, 0.29) is 11.0 Å². The molecule has 0 fully saturated rings. The lowest BCUT2D eigenvalue weighted by atomic mass is 9.89. The molecule has 2 nitrogen and oxygen atoms in total. The predicted octanol–water partition coefficient (Wildman–Crippen LogP) is 6.64. The van der Waals surface area contributed by atoms with E-state index in [1.807, 2.05) is 66.8 Å². The fourth-order valence-corrected chi connectivity index (χ4v) is 3.67. The van der Waals surface area contributed by atoms with Gasteiger partial charge in [-0.2, -0.15) is 0 Å². The van der Waals surface area contributed by atoms with Crippen LogP contribution in [0.25, 0.3) is 0 Å². The van der Waals surface area contributed by atoms with Gasteiger partial charge in [-0.05, 0) is 29.3 Å². The Hall–Kier alpha value is -1.94. The lowest BCUT2D eigenvalue weighted by Gasteiger charge is -2.35. The molecule has 0 aliphatic heterocycles. The molecule has 0 aromatic heterocycles. The molecular weight excluding hydrogens is 360 g/mol. The second kappa shape index (κ2) is 10.0. The second-order valence-corrected chi connectivity index (χ2v) is 13.5. The van der Waals surface area contributed by atoms with E-state index in [2.05, 4.69) is 52.1 Å². The van der Waals surface area contributed by atoms with Crippen LogP contribution < -0.4 is 0 Å². The number of hydrogen-bond donors (Lipinski definition) is 1. The average Bonchev–Trinajstić information content (AvgIpc) is 2.67. The summed E-state index contributed by atoms with van der Waals surface area (Å²) < 4.78 is 6.17. The van der Waals surface area contributed by atoms with Crippen LogP contribution in [0.5, 0.6) is 0 Å². The third-order valence-electron chi connectivity index (χ3n) is 5.58. The van der Waals surface area contributed by atoms with E-state index in [0.717, 1.165) is 11.1 Å². The molecule has 1 N–H and O–H groups in total. The van der Waals surface area contributed by atoms with Gasteiger partial charge in [-0.3, -0.25) is 0 Å². The Morgan fingerprint density at radius 3 is 1.96 bits per heavy atom. The number of hydrogen-bond acceptors (Lipinski definition) is 2. The van der Waals surface area contributed by atoms with E-state index in [1.54, 1.807) is 0 Å². The zero-order valence-electron chi connectivity index (χ0n) is 17.8. The van der Waals surface area contributed by atoms with Gasteiger partial charge in [-0.15, -0.1) is 0 Å². The van der Waals surface area contributed by atoms with Crippen molar-refractivity contribution in [2.24, 2.45) is 0 Å². The monoisotopic (exact) mass is 394 g/mol. The summed E-state index contributed by atoms with van der Waals surface area (Å²) in [5.41, 5.74) is 2.02. The largest absolute Gasteiger partial charge is 0.413 e.